The zero-order valence-electron chi connectivity index (χ0n) is 14.2. The van der Waals surface area contributed by atoms with Gasteiger partial charge in [0.25, 0.3) is 5.56 Å². The predicted octanol–water partition coefficient (Wildman–Crippen LogP) is 1.50. The summed E-state index contributed by atoms with van der Waals surface area (Å²) in [6.45, 7) is 4.03. The highest BCUT2D eigenvalue weighted by atomic mass is 16.5. The Bertz CT molecular complexity index is 798. The van der Waals surface area contributed by atoms with E-state index in [0.29, 0.717) is 24.2 Å². The number of carbonyl (C=O) groups is 1. The van der Waals surface area contributed by atoms with Crippen molar-refractivity contribution in [2.45, 2.75) is 32.3 Å². The summed E-state index contributed by atoms with van der Waals surface area (Å²) >= 11 is 0. The van der Waals surface area contributed by atoms with Crippen molar-refractivity contribution < 1.29 is 9.53 Å². The average molecular weight is 329 g/mol. The van der Waals surface area contributed by atoms with Crippen molar-refractivity contribution in [3.8, 4) is 0 Å². The standard InChI is InChI=1S/C18H23N3O3/c1-3-24-13-7-6-10-21(12-13)17(22)11-16-14-8-4-5-9-15(14)18(23)20(2)19-16/h4-5,8-9,13H,3,6-7,10-12H2,1-2H3/t13-/m0/s1. The zero-order chi connectivity index (χ0) is 17.1. The molecule has 3 rings (SSSR count). The molecule has 1 atom stereocenters. The molecule has 1 aromatic heterocycles. The summed E-state index contributed by atoms with van der Waals surface area (Å²) in [4.78, 5) is 26.7. The number of rotatable bonds is 4. The van der Waals surface area contributed by atoms with E-state index in [1.807, 2.05) is 30.0 Å². The molecule has 24 heavy (non-hydrogen) atoms. The van der Waals surface area contributed by atoms with E-state index < -0.39 is 0 Å². The molecule has 0 aliphatic carbocycles. The van der Waals surface area contributed by atoms with Crippen LogP contribution >= 0.6 is 0 Å². The lowest BCUT2D eigenvalue weighted by molar-refractivity contribution is -0.134. The number of likely N-dealkylation sites (tertiary alicyclic amines) is 1. The van der Waals surface area contributed by atoms with Crippen LogP contribution in [0.15, 0.2) is 29.1 Å². The number of fused-ring (bicyclic) bond motifs is 1. The Balaban J connectivity index is 1.83. The van der Waals surface area contributed by atoms with Crippen molar-refractivity contribution in [3.05, 3.63) is 40.3 Å². The van der Waals surface area contributed by atoms with Gasteiger partial charge in [-0.3, -0.25) is 9.59 Å². The highest BCUT2D eigenvalue weighted by Crippen LogP contribution is 2.17. The summed E-state index contributed by atoms with van der Waals surface area (Å²) in [5.41, 5.74) is 0.507. The molecule has 0 spiro atoms. The molecule has 2 aromatic rings. The van der Waals surface area contributed by atoms with Crippen molar-refractivity contribution in [1.82, 2.24) is 14.7 Å². The number of benzene rings is 1. The number of ether oxygens (including phenoxy) is 1. The fourth-order valence-corrected chi connectivity index (χ4v) is 3.30. The number of hydrogen-bond acceptors (Lipinski definition) is 4. The van der Waals surface area contributed by atoms with Crippen molar-refractivity contribution in [2.75, 3.05) is 19.7 Å². The second kappa shape index (κ2) is 7.13. The molecule has 6 heteroatoms. The summed E-state index contributed by atoms with van der Waals surface area (Å²) in [6.07, 6.45) is 2.28. The normalized spacial score (nSPS) is 18.1. The van der Waals surface area contributed by atoms with E-state index in [2.05, 4.69) is 5.10 Å². The zero-order valence-corrected chi connectivity index (χ0v) is 14.2. The first-order valence-corrected chi connectivity index (χ1v) is 8.44. The highest BCUT2D eigenvalue weighted by Gasteiger charge is 2.24. The summed E-state index contributed by atoms with van der Waals surface area (Å²) in [5, 5.41) is 5.67. The lowest BCUT2D eigenvalue weighted by Gasteiger charge is -2.32. The molecule has 1 fully saturated rings. The maximum Gasteiger partial charge on any atom is 0.274 e. The summed E-state index contributed by atoms with van der Waals surface area (Å²) in [7, 11) is 1.62. The van der Waals surface area contributed by atoms with Crippen LogP contribution in [0.4, 0.5) is 0 Å². The molecule has 1 amide bonds. The molecular weight excluding hydrogens is 306 g/mol. The Kier molecular flexibility index (Phi) is 4.94. The van der Waals surface area contributed by atoms with Gasteiger partial charge in [-0.2, -0.15) is 5.10 Å². The van der Waals surface area contributed by atoms with E-state index in [1.54, 1.807) is 13.1 Å². The number of aryl methyl sites for hydroxylation is 1. The van der Waals surface area contributed by atoms with Crippen molar-refractivity contribution in [1.29, 1.82) is 0 Å². The molecule has 1 aliphatic heterocycles. The smallest absolute Gasteiger partial charge is 0.274 e. The van der Waals surface area contributed by atoms with E-state index in [9.17, 15) is 9.59 Å². The molecular formula is C18H23N3O3. The van der Waals surface area contributed by atoms with Gasteiger partial charge in [0.15, 0.2) is 0 Å². The Labute approximate surface area is 141 Å². The van der Waals surface area contributed by atoms with Crippen molar-refractivity contribution in [3.63, 3.8) is 0 Å². The fraction of sp³-hybridized carbons (Fsp3) is 0.500. The Morgan fingerprint density at radius 2 is 2.08 bits per heavy atom. The number of aromatic nitrogens is 2. The van der Waals surface area contributed by atoms with Crippen LogP contribution in [0.5, 0.6) is 0 Å². The molecule has 0 unspecified atom stereocenters. The largest absolute Gasteiger partial charge is 0.377 e. The molecule has 1 aromatic carbocycles. The van der Waals surface area contributed by atoms with Crippen LogP contribution in [0.1, 0.15) is 25.5 Å². The molecule has 0 saturated carbocycles. The van der Waals surface area contributed by atoms with E-state index in [0.717, 1.165) is 24.8 Å². The number of carbonyl (C=O) groups excluding carboxylic acids is 1. The highest BCUT2D eigenvalue weighted by molar-refractivity contribution is 5.88. The maximum absolute atomic E-state index is 12.7. The lowest BCUT2D eigenvalue weighted by Crippen LogP contribution is -2.44. The Morgan fingerprint density at radius 3 is 2.83 bits per heavy atom. The van der Waals surface area contributed by atoms with Gasteiger partial charge in [0, 0.05) is 32.1 Å². The second-order valence-corrected chi connectivity index (χ2v) is 6.16. The number of piperidine rings is 1. The summed E-state index contributed by atoms with van der Waals surface area (Å²) < 4.78 is 6.97. The number of amides is 1. The first-order valence-electron chi connectivity index (χ1n) is 8.44. The van der Waals surface area contributed by atoms with Gasteiger partial charge in [-0.1, -0.05) is 18.2 Å². The molecule has 128 valence electrons. The van der Waals surface area contributed by atoms with Crippen LogP contribution in [-0.2, 0) is 23.0 Å². The van der Waals surface area contributed by atoms with Gasteiger partial charge < -0.3 is 9.64 Å². The molecule has 1 saturated heterocycles. The van der Waals surface area contributed by atoms with Gasteiger partial charge in [-0.25, -0.2) is 4.68 Å². The van der Waals surface area contributed by atoms with Gasteiger partial charge in [0.05, 0.1) is 23.6 Å². The minimum Gasteiger partial charge on any atom is -0.377 e. The van der Waals surface area contributed by atoms with Gasteiger partial charge >= 0.3 is 0 Å². The van der Waals surface area contributed by atoms with Crippen molar-refractivity contribution >= 4 is 16.7 Å². The molecule has 0 bridgehead atoms. The van der Waals surface area contributed by atoms with E-state index >= 15 is 0 Å². The third-order valence-corrected chi connectivity index (χ3v) is 4.48. The van der Waals surface area contributed by atoms with Crippen molar-refractivity contribution in [2.24, 2.45) is 7.05 Å². The van der Waals surface area contributed by atoms with E-state index in [4.69, 9.17) is 4.74 Å². The molecule has 2 heterocycles. The fourth-order valence-electron chi connectivity index (χ4n) is 3.30. The monoisotopic (exact) mass is 329 g/mol. The van der Waals surface area contributed by atoms with Crippen LogP contribution in [0.2, 0.25) is 0 Å². The quantitative estimate of drug-likeness (QED) is 0.853. The first-order chi connectivity index (χ1) is 11.6. The summed E-state index contributed by atoms with van der Waals surface area (Å²) in [6, 6.07) is 7.32. The number of nitrogens with zero attached hydrogens (tertiary/aromatic N) is 3. The Morgan fingerprint density at radius 1 is 1.33 bits per heavy atom. The molecule has 0 N–H and O–H groups in total. The molecule has 0 radical (unpaired) electrons. The van der Waals surface area contributed by atoms with Crippen LogP contribution in [-0.4, -0.2) is 46.4 Å². The van der Waals surface area contributed by atoms with Crippen LogP contribution in [0.25, 0.3) is 10.8 Å². The first kappa shape index (κ1) is 16.6. The Hall–Kier alpha value is -2.21. The van der Waals surface area contributed by atoms with Crippen LogP contribution in [0.3, 0.4) is 0 Å². The van der Waals surface area contributed by atoms with Crippen LogP contribution < -0.4 is 5.56 Å². The predicted molar refractivity (Wildman–Crippen MR) is 91.9 cm³/mol. The maximum atomic E-state index is 12.7. The van der Waals surface area contributed by atoms with E-state index in [1.165, 1.54) is 4.68 Å². The minimum atomic E-state index is -0.142. The lowest BCUT2D eigenvalue weighted by atomic mass is 10.1. The van der Waals surface area contributed by atoms with Crippen LogP contribution in [0, 0.1) is 0 Å². The topological polar surface area (TPSA) is 64.4 Å². The van der Waals surface area contributed by atoms with Gasteiger partial charge in [-0.05, 0) is 25.8 Å². The third-order valence-electron chi connectivity index (χ3n) is 4.48. The number of hydrogen-bond donors (Lipinski definition) is 0. The third kappa shape index (κ3) is 3.33. The van der Waals surface area contributed by atoms with Gasteiger partial charge in [0.1, 0.15) is 0 Å². The van der Waals surface area contributed by atoms with Gasteiger partial charge in [0.2, 0.25) is 5.91 Å². The average Bonchev–Trinajstić information content (AvgIpc) is 2.60. The molecule has 6 nitrogen and oxygen atoms in total. The van der Waals surface area contributed by atoms with E-state index in [-0.39, 0.29) is 24.0 Å². The summed E-state index contributed by atoms with van der Waals surface area (Å²) in [5.74, 6) is 0.0377. The van der Waals surface area contributed by atoms with Gasteiger partial charge in [-0.15, -0.1) is 0 Å². The SMILES string of the molecule is CCO[C@H]1CCCN(C(=O)Cc2nn(C)c(=O)c3ccccc23)C1. The second-order valence-electron chi connectivity index (χ2n) is 6.16. The minimum absolute atomic E-state index is 0.0377. The molecule has 1 aliphatic rings.